The van der Waals surface area contributed by atoms with Crippen LogP contribution in [0.1, 0.15) is 147 Å². The lowest BCUT2D eigenvalue weighted by molar-refractivity contribution is -0.287. The van der Waals surface area contributed by atoms with E-state index in [1.807, 2.05) is 0 Å². The Hall–Kier alpha value is -0.840. The first-order valence-corrected chi connectivity index (χ1v) is 18.4. The Morgan fingerprint density at radius 2 is 1.02 bits per heavy atom. The third kappa shape index (κ3) is 11.1. The van der Waals surface area contributed by atoms with Crippen molar-refractivity contribution in [3.63, 3.8) is 0 Å². The van der Waals surface area contributed by atoms with Crippen LogP contribution in [0.2, 0.25) is 0 Å². The van der Waals surface area contributed by atoms with Gasteiger partial charge in [-0.25, -0.2) is 0 Å². The molecule has 0 aromatic heterocycles. The molecular formula is C36H70N4O4S. The number of amides is 1. The van der Waals surface area contributed by atoms with Crippen LogP contribution in [0.4, 0.5) is 0 Å². The number of unbranched alkanes of at least 4 members (excludes halogenated alkanes) is 2. The summed E-state index contributed by atoms with van der Waals surface area (Å²) >= 11 is 6.05. The summed E-state index contributed by atoms with van der Waals surface area (Å²) in [6.07, 6.45) is 9.82. The third-order valence-electron chi connectivity index (χ3n) is 9.47. The number of hydroxylamine groups is 4. The molecule has 2 aliphatic rings. The molecule has 0 unspecified atom stereocenters. The number of carbonyl (C=O) groups excluding carboxylic acids is 1. The molecule has 8 nitrogen and oxygen atoms in total. The van der Waals surface area contributed by atoms with E-state index in [1.165, 1.54) is 0 Å². The van der Waals surface area contributed by atoms with Gasteiger partial charge in [-0.15, -0.1) is 0 Å². The van der Waals surface area contributed by atoms with Gasteiger partial charge in [-0.1, -0.05) is 52.8 Å². The highest BCUT2D eigenvalue weighted by Gasteiger charge is 2.49. The Morgan fingerprint density at radius 1 is 0.644 bits per heavy atom. The van der Waals surface area contributed by atoms with Gasteiger partial charge in [0.1, 0.15) is 11.6 Å². The fourth-order valence-corrected chi connectivity index (χ4v) is 8.32. The van der Waals surface area contributed by atoms with Gasteiger partial charge in [0.2, 0.25) is 5.91 Å². The zero-order valence-corrected chi connectivity index (χ0v) is 32.1. The van der Waals surface area contributed by atoms with E-state index in [4.69, 9.17) is 26.6 Å². The lowest BCUT2D eigenvalue weighted by atomic mass is 9.78. The molecule has 0 bridgehead atoms. The van der Waals surface area contributed by atoms with Gasteiger partial charge in [-0.3, -0.25) is 14.5 Å². The van der Waals surface area contributed by atoms with Gasteiger partial charge in [0, 0.05) is 47.3 Å². The predicted octanol–water partition coefficient (Wildman–Crippen LogP) is 7.79. The largest absolute Gasteiger partial charge is 0.365 e. The minimum atomic E-state index is -0.187. The molecular weight excluding hydrogens is 584 g/mol. The van der Waals surface area contributed by atoms with Gasteiger partial charge in [-0.05, 0) is 107 Å². The van der Waals surface area contributed by atoms with Crippen molar-refractivity contribution < 1.29 is 19.2 Å². The summed E-state index contributed by atoms with van der Waals surface area (Å²) in [5.41, 5.74) is -0.631. The second kappa shape index (κ2) is 17.5. The fourth-order valence-electron chi connectivity index (χ4n) is 8.00. The van der Waals surface area contributed by atoms with Crippen molar-refractivity contribution in [3.05, 3.63) is 0 Å². The van der Waals surface area contributed by atoms with Crippen molar-refractivity contribution >= 4 is 23.1 Å². The molecule has 2 rings (SSSR count). The normalized spacial score (nSPS) is 22.0. The molecule has 0 atom stereocenters. The van der Waals surface area contributed by atoms with Crippen molar-refractivity contribution in [2.75, 3.05) is 39.5 Å². The van der Waals surface area contributed by atoms with Gasteiger partial charge in [-0.2, -0.15) is 10.1 Å². The summed E-state index contributed by atoms with van der Waals surface area (Å²) in [5.74, 6) is 0.0644. The molecule has 9 heteroatoms. The highest BCUT2D eigenvalue weighted by molar-refractivity contribution is 7.80. The van der Waals surface area contributed by atoms with Crippen LogP contribution in [-0.2, 0) is 19.2 Å². The van der Waals surface area contributed by atoms with Crippen molar-refractivity contribution in [1.82, 2.24) is 19.9 Å². The van der Waals surface area contributed by atoms with Gasteiger partial charge < -0.3 is 14.5 Å². The summed E-state index contributed by atoms with van der Waals surface area (Å²) in [4.78, 5) is 31.6. The standard InChI is InChI=1S/C36H70N4O4S/c1-13-17-19-37(29-23-33(5,6)39(43-21-15-3)34(7,8)24-29)31(41)27-42-28-32(45)38(20-18-14-2)30-25-35(9,10)40(44-22-16-4)36(11,12)26-30/h29-30H,13-28H2,1-12H3. The van der Waals surface area contributed by atoms with Crippen LogP contribution in [0.3, 0.4) is 0 Å². The molecule has 264 valence electrons. The summed E-state index contributed by atoms with van der Waals surface area (Å²) < 4.78 is 6.17. The first-order chi connectivity index (χ1) is 21.0. The molecule has 1 amide bonds. The zero-order valence-electron chi connectivity index (χ0n) is 31.3. The van der Waals surface area contributed by atoms with E-state index in [0.717, 1.165) is 88.9 Å². The summed E-state index contributed by atoms with van der Waals surface area (Å²) in [5, 5.41) is 4.41. The zero-order chi connectivity index (χ0) is 34.1. The SMILES string of the molecule is CCCCN(C(=O)COCC(=S)N(CCCC)C1CC(C)(C)N(OCCC)C(C)(C)C1)C1CC(C)(C)N(OCCC)C(C)(C)C1. The van der Waals surface area contributed by atoms with Crippen molar-refractivity contribution in [2.45, 2.75) is 182 Å². The number of rotatable bonds is 18. The van der Waals surface area contributed by atoms with E-state index in [-0.39, 0.29) is 40.7 Å². The second-order valence-electron chi connectivity index (χ2n) is 16.0. The summed E-state index contributed by atoms with van der Waals surface area (Å²) in [7, 11) is 0. The van der Waals surface area contributed by atoms with Crippen LogP contribution in [0.25, 0.3) is 0 Å². The van der Waals surface area contributed by atoms with Crippen LogP contribution in [0.5, 0.6) is 0 Å². The van der Waals surface area contributed by atoms with E-state index in [9.17, 15) is 4.79 Å². The van der Waals surface area contributed by atoms with E-state index in [0.29, 0.717) is 19.3 Å². The number of thiocarbonyl (C=S) groups is 1. The molecule has 0 spiro atoms. The number of hydrogen-bond acceptors (Lipinski definition) is 7. The van der Waals surface area contributed by atoms with Crippen molar-refractivity contribution in [2.24, 2.45) is 0 Å². The maximum atomic E-state index is 13.8. The topological polar surface area (TPSA) is 57.7 Å². The average molecular weight is 655 g/mol. The van der Waals surface area contributed by atoms with Gasteiger partial charge in [0.25, 0.3) is 0 Å². The summed E-state index contributed by atoms with van der Waals surface area (Å²) in [6.45, 7) is 30.2. The van der Waals surface area contributed by atoms with E-state index in [2.05, 4.69) is 103 Å². The van der Waals surface area contributed by atoms with E-state index < -0.39 is 0 Å². The molecule has 0 aromatic rings. The highest BCUT2D eigenvalue weighted by Crippen LogP contribution is 2.42. The molecule has 0 N–H and O–H groups in total. The third-order valence-corrected chi connectivity index (χ3v) is 9.82. The quantitative estimate of drug-likeness (QED) is 0.139. The molecule has 2 fully saturated rings. The minimum absolute atomic E-state index is 0.0547. The average Bonchev–Trinajstić information content (AvgIpc) is 2.91. The molecule has 0 aliphatic carbocycles. The molecule has 45 heavy (non-hydrogen) atoms. The van der Waals surface area contributed by atoms with Gasteiger partial charge in [0.05, 0.1) is 19.8 Å². The lowest BCUT2D eigenvalue weighted by Gasteiger charge is -2.56. The van der Waals surface area contributed by atoms with Crippen LogP contribution in [0.15, 0.2) is 0 Å². The Kier molecular flexibility index (Phi) is 15.7. The highest BCUT2D eigenvalue weighted by atomic mass is 32.1. The van der Waals surface area contributed by atoms with E-state index in [1.54, 1.807) is 0 Å². The number of ether oxygens (including phenoxy) is 1. The fraction of sp³-hybridized carbons (Fsp3) is 0.944. The predicted molar refractivity (Wildman–Crippen MR) is 190 cm³/mol. The number of piperidine rings is 2. The van der Waals surface area contributed by atoms with E-state index >= 15 is 0 Å². The molecule has 2 saturated heterocycles. The Labute approximate surface area is 282 Å². The lowest BCUT2D eigenvalue weighted by Crippen LogP contribution is -2.65. The first-order valence-electron chi connectivity index (χ1n) is 18.0. The van der Waals surface area contributed by atoms with Crippen LogP contribution in [0, 0.1) is 0 Å². The van der Waals surface area contributed by atoms with Gasteiger partial charge in [0.15, 0.2) is 0 Å². The maximum absolute atomic E-state index is 13.8. The minimum Gasteiger partial charge on any atom is -0.365 e. The molecule has 0 aromatic carbocycles. The summed E-state index contributed by atoms with van der Waals surface area (Å²) in [6, 6.07) is 0.428. The van der Waals surface area contributed by atoms with Crippen LogP contribution < -0.4 is 0 Å². The Morgan fingerprint density at radius 3 is 1.40 bits per heavy atom. The molecule has 0 saturated carbocycles. The number of hydrogen-bond donors (Lipinski definition) is 0. The Balaban J connectivity index is 2.12. The Bertz CT molecular complexity index is 817. The molecule has 2 heterocycles. The van der Waals surface area contributed by atoms with Crippen molar-refractivity contribution in [1.29, 1.82) is 0 Å². The maximum Gasteiger partial charge on any atom is 0.248 e. The smallest absolute Gasteiger partial charge is 0.248 e. The number of carbonyl (C=O) groups is 1. The van der Waals surface area contributed by atoms with Crippen LogP contribution in [-0.4, -0.2) is 105 Å². The molecule has 0 radical (unpaired) electrons. The second-order valence-corrected chi connectivity index (χ2v) is 16.5. The first kappa shape index (κ1) is 40.3. The van der Waals surface area contributed by atoms with Crippen molar-refractivity contribution in [3.8, 4) is 0 Å². The monoisotopic (exact) mass is 655 g/mol. The van der Waals surface area contributed by atoms with Crippen LogP contribution >= 0.6 is 12.2 Å². The van der Waals surface area contributed by atoms with Gasteiger partial charge >= 0.3 is 0 Å². The molecule has 2 aliphatic heterocycles. The number of nitrogens with zero attached hydrogens (tertiary/aromatic N) is 4.